The van der Waals surface area contributed by atoms with Crippen molar-refractivity contribution in [3.63, 3.8) is 0 Å². The Morgan fingerprint density at radius 1 is 1.00 bits per heavy atom. The number of likely N-dealkylation sites (tertiary alicyclic amines) is 1. The van der Waals surface area contributed by atoms with E-state index in [1.165, 1.54) is 0 Å². The molecule has 3 rings (SSSR count). The Morgan fingerprint density at radius 2 is 1.63 bits per heavy atom. The lowest BCUT2D eigenvalue weighted by Crippen LogP contribution is -2.37. The van der Waals surface area contributed by atoms with Gasteiger partial charge in [-0.05, 0) is 49.9 Å². The number of rotatable bonds is 6. The highest BCUT2D eigenvalue weighted by molar-refractivity contribution is 5.95. The Labute approximate surface area is 159 Å². The minimum Gasteiger partial charge on any atom is -0.356 e. The zero-order valence-corrected chi connectivity index (χ0v) is 15.7. The third-order valence-corrected chi connectivity index (χ3v) is 4.75. The molecule has 1 heterocycles. The van der Waals surface area contributed by atoms with E-state index in [0.29, 0.717) is 19.4 Å². The second-order valence-electron chi connectivity index (χ2n) is 6.87. The number of anilines is 3. The fourth-order valence-electron chi connectivity index (χ4n) is 3.29. The standard InChI is InChI=1S/C21H26N4O2/c1-3-20(26)23-18-13-19(25(2)14-18)21(27)24-17-11-9-16(10-12-17)22-15-7-5-4-6-8-15/h4-12,18-19,22H,3,13-14H2,1-2H3,(H,23,26)(H,24,27)/t18-,19+/m1/s1. The first kappa shape index (κ1) is 18.9. The van der Waals surface area contributed by atoms with Crippen LogP contribution in [0.4, 0.5) is 17.1 Å². The van der Waals surface area contributed by atoms with Gasteiger partial charge in [0.25, 0.3) is 0 Å². The predicted octanol–water partition coefficient (Wildman–Crippen LogP) is 2.97. The maximum atomic E-state index is 12.6. The lowest BCUT2D eigenvalue weighted by Gasteiger charge is -2.18. The van der Waals surface area contributed by atoms with Gasteiger partial charge in [-0.1, -0.05) is 25.1 Å². The molecule has 6 heteroatoms. The van der Waals surface area contributed by atoms with E-state index in [1.54, 1.807) is 0 Å². The monoisotopic (exact) mass is 366 g/mol. The first-order chi connectivity index (χ1) is 13.0. The average Bonchev–Trinajstić information content (AvgIpc) is 3.04. The van der Waals surface area contributed by atoms with Crippen LogP contribution in [0.15, 0.2) is 54.6 Å². The summed E-state index contributed by atoms with van der Waals surface area (Å²) in [4.78, 5) is 26.2. The smallest absolute Gasteiger partial charge is 0.241 e. The minimum absolute atomic E-state index is 0.0237. The Kier molecular flexibility index (Phi) is 6.08. The molecule has 2 aromatic rings. The summed E-state index contributed by atoms with van der Waals surface area (Å²) in [6.07, 6.45) is 1.09. The molecule has 1 saturated heterocycles. The first-order valence-corrected chi connectivity index (χ1v) is 9.27. The third kappa shape index (κ3) is 5.08. The van der Waals surface area contributed by atoms with Crippen LogP contribution in [-0.2, 0) is 9.59 Å². The molecule has 142 valence electrons. The Balaban J connectivity index is 1.55. The molecule has 1 aliphatic heterocycles. The van der Waals surface area contributed by atoms with Crippen molar-refractivity contribution in [1.82, 2.24) is 10.2 Å². The number of carbonyl (C=O) groups is 2. The maximum absolute atomic E-state index is 12.6. The van der Waals surface area contributed by atoms with E-state index >= 15 is 0 Å². The highest BCUT2D eigenvalue weighted by Crippen LogP contribution is 2.21. The van der Waals surface area contributed by atoms with Crippen LogP contribution < -0.4 is 16.0 Å². The molecule has 2 amide bonds. The van der Waals surface area contributed by atoms with Crippen molar-refractivity contribution in [2.75, 3.05) is 24.2 Å². The van der Waals surface area contributed by atoms with Crippen molar-refractivity contribution in [3.05, 3.63) is 54.6 Å². The van der Waals surface area contributed by atoms with Crippen molar-refractivity contribution in [2.45, 2.75) is 31.8 Å². The van der Waals surface area contributed by atoms with E-state index in [0.717, 1.165) is 17.1 Å². The molecule has 2 aromatic carbocycles. The van der Waals surface area contributed by atoms with E-state index in [2.05, 4.69) is 16.0 Å². The van der Waals surface area contributed by atoms with Crippen molar-refractivity contribution in [1.29, 1.82) is 0 Å². The lowest BCUT2D eigenvalue weighted by molar-refractivity contribution is -0.122. The summed E-state index contributed by atoms with van der Waals surface area (Å²) < 4.78 is 0. The van der Waals surface area contributed by atoms with Gasteiger partial charge in [-0.3, -0.25) is 14.5 Å². The number of benzene rings is 2. The van der Waals surface area contributed by atoms with E-state index in [4.69, 9.17) is 0 Å². The number of hydrogen-bond donors (Lipinski definition) is 3. The van der Waals surface area contributed by atoms with Gasteiger partial charge >= 0.3 is 0 Å². The highest BCUT2D eigenvalue weighted by Gasteiger charge is 2.34. The zero-order chi connectivity index (χ0) is 19.2. The number of hydrogen-bond acceptors (Lipinski definition) is 4. The molecule has 0 unspecified atom stereocenters. The summed E-state index contributed by atoms with van der Waals surface area (Å²) in [5, 5.41) is 9.26. The second kappa shape index (κ2) is 8.68. The van der Waals surface area contributed by atoms with Crippen LogP contribution in [0.25, 0.3) is 0 Å². The topological polar surface area (TPSA) is 73.5 Å². The fraction of sp³-hybridized carbons (Fsp3) is 0.333. The number of amides is 2. The molecule has 0 spiro atoms. The Bertz CT molecular complexity index is 777. The van der Waals surface area contributed by atoms with Gasteiger partial charge in [0.05, 0.1) is 6.04 Å². The van der Waals surface area contributed by atoms with Crippen LogP contribution in [0.2, 0.25) is 0 Å². The van der Waals surface area contributed by atoms with Gasteiger partial charge in [0, 0.05) is 36.1 Å². The predicted molar refractivity (Wildman–Crippen MR) is 108 cm³/mol. The highest BCUT2D eigenvalue weighted by atomic mass is 16.2. The first-order valence-electron chi connectivity index (χ1n) is 9.27. The fourth-order valence-corrected chi connectivity index (χ4v) is 3.29. The molecule has 0 radical (unpaired) electrons. The van der Waals surface area contributed by atoms with Crippen LogP contribution in [0.1, 0.15) is 19.8 Å². The van der Waals surface area contributed by atoms with Crippen LogP contribution in [-0.4, -0.2) is 42.4 Å². The molecule has 1 aliphatic rings. The number of likely N-dealkylation sites (N-methyl/N-ethyl adjacent to an activating group) is 1. The SMILES string of the molecule is CCC(=O)N[C@@H]1C[C@@H](C(=O)Nc2ccc(Nc3ccccc3)cc2)N(C)C1. The number of nitrogens with one attached hydrogen (secondary N) is 3. The van der Waals surface area contributed by atoms with Crippen molar-refractivity contribution in [2.24, 2.45) is 0 Å². The van der Waals surface area contributed by atoms with Gasteiger partial charge in [-0.15, -0.1) is 0 Å². The van der Waals surface area contributed by atoms with Gasteiger partial charge in [0.2, 0.25) is 11.8 Å². The van der Waals surface area contributed by atoms with Gasteiger partial charge in [0.1, 0.15) is 0 Å². The molecular formula is C21H26N4O2. The van der Waals surface area contributed by atoms with Gasteiger partial charge in [-0.25, -0.2) is 0 Å². The van der Waals surface area contributed by atoms with Gasteiger partial charge in [-0.2, -0.15) is 0 Å². The molecule has 2 atom stereocenters. The third-order valence-electron chi connectivity index (χ3n) is 4.75. The molecule has 0 aromatic heterocycles. The number of para-hydroxylation sites is 1. The molecule has 6 nitrogen and oxygen atoms in total. The molecule has 0 aliphatic carbocycles. The molecule has 27 heavy (non-hydrogen) atoms. The summed E-state index contributed by atoms with van der Waals surface area (Å²) >= 11 is 0. The minimum atomic E-state index is -0.241. The largest absolute Gasteiger partial charge is 0.356 e. The van der Waals surface area contributed by atoms with Crippen LogP contribution in [0.5, 0.6) is 0 Å². The van der Waals surface area contributed by atoms with Gasteiger partial charge in [0.15, 0.2) is 0 Å². The van der Waals surface area contributed by atoms with E-state index < -0.39 is 0 Å². The second-order valence-corrected chi connectivity index (χ2v) is 6.87. The van der Waals surface area contributed by atoms with Crippen LogP contribution >= 0.6 is 0 Å². The van der Waals surface area contributed by atoms with Crippen molar-refractivity contribution < 1.29 is 9.59 Å². The van der Waals surface area contributed by atoms with Crippen molar-refractivity contribution >= 4 is 28.9 Å². The molecule has 3 N–H and O–H groups in total. The maximum Gasteiger partial charge on any atom is 0.241 e. The van der Waals surface area contributed by atoms with Crippen LogP contribution in [0, 0.1) is 0 Å². The molecular weight excluding hydrogens is 340 g/mol. The van der Waals surface area contributed by atoms with E-state index in [1.807, 2.05) is 73.5 Å². The summed E-state index contributed by atoms with van der Waals surface area (Å²) in [5.41, 5.74) is 2.73. The number of nitrogens with zero attached hydrogens (tertiary/aromatic N) is 1. The average molecular weight is 366 g/mol. The Hall–Kier alpha value is -2.86. The summed E-state index contributed by atoms with van der Waals surface area (Å²) in [6, 6.07) is 17.3. The lowest BCUT2D eigenvalue weighted by atomic mass is 10.1. The van der Waals surface area contributed by atoms with Crippen LogP contribution in [0.3, 0.4) is 0 Å². The van der Waals surface area contributed by atoms with E-state index in [-0.39, 0.29) is 23.9 Å². The van der Waals surface area contributed by atoms with E-state index in [9.17, 15) is 9.59 Å². The summed E-state index contributed by atoms with van der Waals surface area (Å²) in [6.45, 7) is 2.51. The quantitative estimate of drug-likeness (QED) is 0.735. The molecule has 1 fully saturated rings. The van der Waals surface area contributed by atoms with Gasteiger partial charge < -0.3 is 16.0 Å². The normalized spacial score (nSPS) is 19.5. The Morgan fingerprint density at radius 3 is 2.30 bits per heavy atom. The van der Waals surface area contributed by atoms with Crippen molar-refractivity contribution in [3.8, 4) is 0 Å². The summed E-state index contributed by atoms with van der Waals surface area (Å²) in [7, 11) is 1.91. The molecule has 0 saturated carbocycles. The summed E-state index contributed by atoms with van der Waals surface area (Å²) in [5.74, 6) is -0.0227. The number of carbonyl (C=O) groups excluding carboxylic acids is 2. The molecule has 0 bridgehead atoms. The zero-order valence-electron chi connectivity index (χ0n) is 15.7.